The fourth-order valence-corrected chi connectivity index (χ4v) is 9.47. The quantitative estimate of drug-likeness (QED) is 0.156. The van der Waals surface area contributed by atoms with Crippen LogP contribution in [-0.2, 0) is 25.6 Å². The molecule has 2 bridgehead atoms. The first-order valence-corrected chi connectivity index (χ1v) is 15.4. The predicted molar refractivity (Wildman–Crippen MR) is 163 cm³/mol. The second-order valence-electron chi connectivity index (χ2n) is 10.9. The van der Waals surface area contributed by atoms with Gasteiger partial charge in [0.25, 0.3) is 0 Å². The summed E-state index contributed by atoms with van der Waals surface area (Å²) in [6.45, 7) is 3.85. The van der Waals surface area contributed by atoms with Crippen molar-refractivity contribution in [2.75, 3.05) is 16.3 Å². The number of ether oxygens (including phenoxy) is 1. The summed E-state index contributed by atoms with van der Waals surface area (Å²) in [5, 5.41) is -0.340. The fourth-order valence-electron chi connectivity index (χ4n) is 6.55. The minimum Gasteiger partial charge on any atom is -0.426 e. The number of hydrogen-bond donors (Lipinski definition) is 0. The largest absolute Gasteiger partial charge is 0.426 e. The average Bonchev–Trinajstić information content (AvgIpc) is 3.54. The number of anilines is 2. The molecular weight excluding hydrogens is 669 g/mol. The first-order chi connectivity index (χ1) is 19.7. The number of nitrogens with zero attached hydrogens (tertiary/aromatic N) is 2. The van der Waals surface area contributed by atoms with Crippen LogP contribution in [0.25, 0.3) is 0 Å². The molecule has 0 spiro atoms. The molecule has 0 N–H and O–H groups in total. The molecule has 2 aliphatic carbocycles. The van der Waals surface area contributed by atoms with Gasteiger partial charge in [0.05, 0.1) is 33.5 Å². The van der Waals surface area contributed by atoms with Gasteiger partial charge in [0.1, 0.15) is 15.5 Å². The highest BCUT2D eigenvalue weighted by molar-refractivity contribution is 6.67. The molecule has 2 aromatic rings. The highest BCUT2D eigenvalue weighted by Gasteiger charge is 2.87. The topological polar surface area (TPSA) is 84.0 Å². The summed E-state index contributed by atoms with van der Waals surface area (Å²) in [5.41, 5.74) is 2.49. The van der Waals surface area contributed by atoms with Gasteiger partial charge < -0.3 is 9.64 Å². The minimum atomic E-state index is -2.02. The van der Waals surface area contributed by atoms with Crippen molar-refractivity contribution < 1.29 is 23.9 Å². The minimum absolute atomic E-state index is 0.0235. The molecule has 6 rings (SSSR count). The molecule has 3 amide bonds. The Morgan fingerprint density at radius 2 is 1.52 bits per heavy atom. The maximum Gasteiger partial charge on any atom is 0.316 e. The zero-order valence-electron chi connectivity index (χ0n) is 22.1. The van der Waals surface area contributed by atoms with Crippen molar-refractivity contribution in [2.45, 2.75) is 40.8 Å². The predicted octanol–water partition coefficient (Wildman–Crippen LogP) is 6.47. The van der Waals surface area contributed by atoms with Gasteiger partial charge in [0.2, 0.25) is 17.7 Å². The van der Waals surface area contributed by atoms with E-state index < -0.39 is 49.6 Å². The summed E-state index contributed by atoms with van der Waals surface area (Å²) in [6.07, 6.45) is 0.771. The van der Waals surface area contributed by atoms with E-state index in [1.807, 2.05) is 31.2 Å². The van der Waals surface area contributed by atoms with Crippen molar-refractivity contribution in [3.63, 3.8) is 0 Å². The van der Waals surface area contributed by atoms with Gasteiger partial charge in [-0.15, -0.1) is 23.2 Å². The van der Waals surface area contributed by atoms with Crippen molar-refractivity contribution in [3.8, 4) is 5.75 Å². The Morgan fingerprint density at radius 3 is 2.10 bits per heavy atom. The molecular formula is C29H22Cl6N2O5. The molecule has 2 heterocycles. The zero-order chi connectivity index (χ0) is 30.5. The van der Waals surface area contributed by atoms with E-state index in [0.717, 1.165) is 22.6 Å². The van der Waals surface area contributed by atoms with Gasteiger partial charge in [0, 0.05) is 18.7 Å². The van der Waals surface area contributed by atoms with Gasteiger partial charge in [-0.2, -0.15) is 0 Å². The lowest BCUT2D eigenvalue weighted by molar-refractivity contribution is -0.139. The first kappa shape index (κ1) is 30.0. The molecule has 1 saturated carbocycles. The van der Waals surface area contributed by atoms with E-state index in [-0.39, 0.29) is 40.4 Å². The third-order valence-corrected chi connectivity index (χ3v) is 12.9. The Balaban J connectivity index is 1.22. The summed E-state index contributed by atoms with van der Waals surface area (Å²) >= 11 is 39.4. The van der Waals surface area contributed by atoms with Crippen molar-refractivity contribution in [2.24, 2.45) is 17.8 Å². The maximum atomic E-state index is 13.7. The normalized spacial score (nSPS) is 31.4. The molecule has 2 aromatic carbocycles. The van der Waals surface area contributed by atoms with Crippen LogP contribution in [0.3, 0.4) is 0 Å². The van der Waals surface area contributed by atoms with Crippen molar-refractivity contribution >= 4 is 105 Å². The molecule has 0 unspecified atom stereocenters. The summed E-state index contributed by atoms with van der Waals surface area (Å²) in [4.78, 5) is 52.0. The van der Waals surface area contributed by atoms with Gasteiger partial charge in [-0.3, -0.25) is 19.2 Å². The molecule has 4 aliphatic rings. The number of amides is 3. The number of allylic oxidation sites excluding steroid dienone is 2. The molecule has 42 heavy (non-hydrogen) atoms. The van der Waals surface area contributed by atoms with Crippen LogP contribution < -0.4 is 14.5 Å². The molecule has 0 radical (unpaired) electrons. The number of halogens is 6. The van der Waals surface area contributed by atoms with Crippen LogP contribution in [0.1, 0.15) is 24.5 Å². The fraction of sp³-hybridized carbons (Fsp3) is 0.379. The van der Waals surface area contributed by atoms with Crippen LogP contribution in [0, 0.1) is 24.7 Å². The summed E-state index contributed by atoms with van der Waals surface area (Å²) in [5.74, 6) is -5.06. The highest BCUT2D eigenvalue weighted by Crippen LogP contribution is 2.77. The van der Waals surface area contributed by atoms with Crippen molar-refractivity contribution in [1.29, 1.82) is 0 Å². The van der Waals surface area contributed by atoms with Crippen LogP contribution in [0.4, 0.5) is 11.4 Å². The zero-order valence-corrected chi connectivity index (χ0v) is 26.6. The smallest absolute Gasteiger partial charge is 0.316 e. The van der Waals surface area contributed by atoms with Crippen LogP contribution in [-0.4, -0.2) is 44.3 Å². The molecule has 2 aliphatic heterocycles. The van der Waals surface area contributed by atoms with E-state index in [1.165, 1.54) is 18.2 Å². The Kier molecular flexibility index (Phi) is 7.16. The molecule has 220 valence electrons. The lowest BCUT2D eigenvalue weighted by atomic mass is 9.84. The Hall–Kier alpha value is -2.00. The van der Waals surface area contributed by atoms with Crippen LogP contribution in [0.2, 0.25) is 0 Å². The molecule has 2 saturated heterocycles. The number of benzene rings is 2. The summed E-state index contributed by atoms with van der Waals surface area (Å²) in [6, 6.07) is 12.0. The van der Waals surface area contributed by atoms with E-state index >= 15 is 0 Å². The first-order valence-electron chi connectivity index (χ1n) is 13.1. The maximum absolute atomic E-state index is 13.7. The van der Waals surface area contributed by atoms with E-state index in [4.69, 9.17) is 74.3 Å². The van der Waals surface area contributed by atoms with Gasteiger partial charge in [-0.1, -0.05) is 71.5 Å². The van der Waals surface area contributed by atoms with E-state index in [9.17, 15) is 19.2 Å². The lowest BCUT2D eigenvalue weighted by Gasteiger charge is -2.34. The van der Waals surface area contributed by atoms with Gasteiger partial charge in [-0.25, -0.2) is 4.90 Å². The number of para-hydroxylation sites is 1. The molecule has 7 nitrogen and oxygen atoms in total. The lowest BCUT2D eigenvalue weighted by Crippen LogP contribution is -2.50. The number of alkyl halides is 4. The van der Waals surface area contributed by atoms with Crippen molar-refractivity contribution in [3.05, 3.63) is 63.7 Å². The van der Waals surface area contributed by atoms with Gasteiger partial charge in [-0.05, 0) is 48.7 Å². The number of fused-ring (bicyclic) bond motifs is 5. The number of hydrogen-bond acceptors (Lipinski definition) is 5. The SMILES string of the molecule is CCc1ccccc1N1C[C@H](C(=O)Oc2ccc(N3C(=O)[C@@H]4[C@H](C3=O)[C@@]3(Cl)C(Cl)=C(Cl)[C@@]4(Cl)C3(Cl)Cl)c(C)c2)CC1=O. The molecule has 0 aromatic heterocycles. The third-order valence-electron chi connectivity index (χ3n) is 8.66. The number of carbonyl (C=O) groups excluding carboxylic acids is 4. The highest BCUT2D eigenvalue weighted by atomic mass is 35.5. The number of carbonyl (C=O) groups is 4. The summed E-state index contributed by atoms with van der Waals surface area (Å²) < 4.78 is 3.60. The third kappa shape index (κ3) is 3.74. The van der Waals surface area contributed by atoms with Crippen LogP contribution in [0.5, 0.6) is 5.75 Å². The second-order valence-corrected chi connectivity index (χ2v) is 14.1. The number of aryl methyl sites for hydroxylation is 2. The molecule has 5 atom stereocenters. The Bertz CT molecular complexity index is 1580. The number of esters is 1. The molecule has 3 fully saturated rings. The standard InChI is InChI=1S/C29H22Cl6N2O5/c1-3-14-6-4-5-7-18(14)36-12-15(11-19(36)38)26(41)42-16-8-9-17(13(2)10-16)37-24(39)20-21(25(37)40)28(33)23(31)22(30)27(20,32)29(28,34)35/h4-10,15,20-21H,3,11-12H2,1-2H3/t15-,20-,21+,27-,28-/m1/s1. The Labute approximate surface area is 271 Å². The van der Waals surface area contributed by atoms with E-state index in [1.54, 1.807) is 11.8 Å². The van der Waals surface area contributed by atoms with E-state index in [2.05, 4.69) is 0 Å². The van der Waals surface area contributed by atoms with Gasteiger partial charge in [0.15, 0.2) is 4.33 Å². The van der Waals surface area contributed by atoms with Crippen LogP contribution >= 0.6 is 69.6 Å². The van der Waals surface area contributed by atoms with Gasteiger partial charge >= 0.3 is 5.97 Å². The Morgan fingerprint density at radius 1 is 0.929 bits per heavy atom. The van der Waals surface area contributed by atoms with Crippen LogP contribution in [0.15, 0.2) is 52.5 Å². The number of rotatable bonds is 5. The summed E-state index contributed by atoms with van der Waals surface area (Å²) in [7, 11) is 0. The van der Waals surface area contributed by atoms with Crippen molar-refractivity contribution in [1.82, 2.24) is 0 Å². The van der Waals surface area contributed by atoms with E-state index in [0.29, 0.717) is 5.56 Å². The molecule has 13 heteroatoms. The monoisotopic (exact) mass is 688 g/mol. The average molecular weight is 691 g/mol. The number of imide groups is 1. The second kappa shape index (κ2) is 10.0.